The van der Waals surface area contributed by atoms with Gasteiger partial charge in [0.1, 0.15) is 0 Å². The van der Waals surface area contributed by atoms with Crippen LogP contribution in [0, 0.1) is 12.3 Å². The molecule has 0 amide bonds. The molecule has 4 nitrogen and oxygen atoms in total. The zero-order valence-electron chi connectivity index (χ0n) is 12.8. The number of hydrogen-bond donors (Lipinski definition) is 2. The molecule has 3 N–H and O–H groups in total. The summed E-state index contributed by atoms with van der Waals surface area (Å²) >= 11 is 0. The van der Waals surface area contributed by atoms with Crippen LogP contribution < -0.4 is 10.6 Å². The van der Waals surface area contributed by atoms with Crippen LogP contribution in [0.15, 0.2) is 23.4 Å². The highest BCUT2D eigenvalue weighted by atomic mass is 16.4. The maximum Gasteiger partial charge on any atom is 0.172 e. The number of rotatable bonds is 2. The van der Waals surface area contributed by atoms with Crippen LogP contribution in [0.1, 0.15) is 49.7 Å². The first-order chi connectivity index (χ1) is 10.1. The lowest BCUT2D eigenvalue weighted by Crippen LogP contribution is -2.39. The summed E-state index contributed by atoms with van der Waals surface area (Å²) in [6, 6.07) is 6.12. The van der Waals surface area contributed by atoms with Crippen molar-refractivity contribution in [1.29, 1.82) is 0 Å². The Hall–Kier alpha value is -1.71. The predicted molar refractivity (Wildman–Crippen MR) is 86.0 cm³/mol. The molecule has 0 atom stereocenters. The minimum absolute atomic E-state index is 0.200. The molecule has 1 aliphatic carbocycles. The van der Waals surface area contributed by atoms with Crippen molar-refractivity contribution in [2.45, 2.75) is 45.4 Å². The first kappa shape index (κ1) is 14.2. The average molecular weight is 287 g/mol. The molecule has 2 aliphatic rings. The summed E-state index contributed by atoms with van der Waals surface area (Å²) in [6.45, 7) is 4.24. The lowest BCUT2D eigenvalue weighted by molar-refractivity contribution is 0.226. The number of piperidine rings is 1. The van der Waals surface area contributed by atoms with E-state index in [1.165, 1.54) is 44.1 Å². The fourth-order valence-corrected chi connectivity index (χ4v) is 4.02. The van der Waals surface area contributed by atoms with E-state index in [1.54, 1.807) is 0 Å². The van der Waals surface area contributed by atoms with Crippen molar-refractivity contribution >= 4 is 11.5 Å². The molecule has 0 aromatic heterocycles. The Bertz CT molecular complexity index is 537. The summed E-state index contributed by atoms with van der Waals surface area (Å²) < 4.78 is 0. The predicted octanol–water partition coefficient (Wildman–Crippen LogP) is 3.25. The third kappa shape index (κ3) is 2.71. The van der Waals surface area contributed by atoms with Gasteiger partial charge in [-0.2, -0.15) is 0 Å². The maximum absolute atomic E-state index is 8.99. The summed E-state index contributed by atoms with van der Waals surface area (Å²) in [5.74, 6) is 0.200. The van der Waals surface area contributed by atoms with Gasteiger partial charge < -0.3 is 15.8 Å². The van der Waals surface area contributed by atoms with Crippen LogP contribution in [0.4, 0.5) is 5.69 Å². The van der Waals surface area contributed by atoms with E-state index in [0.29, 0.717) is 5.41 Å². The van der Waals surface area contributed by atoms with Crippen LogP contribution in [0.2, 0.25) is 0 Å². The first-order valence-electron chi connectivity index (χ1n) is 7.97. The fraction of sp³-hybridized carbons (Fsp3) is 0.588. The van der Waals surface area contributed by atoms with Crippen molar-refractivity contribution < 1.29 is 5.21 Å². The molecule has 1 saturated heterocycles. The number of anilines is 1. The normalized spacial score (nSPS) is 22.0. The molecule has 1 aromatic rings. The zero-order chi connectivity index (χ0) is 14.9. The molecule has 21 heavy (non-hydrogen) atoms. The fourth-order valence-electron chi connectivity index (χ4n) is 4.02. The van der Waals surface area contributed by atoms with E-state index in [4.69, 9.17) is 10.9 Å². The van der Waals surface area contributed by atoms with Crippen LogP contribution >= 0.6 is 0 Å². The van der Waals surface area contributed by atoms with Crippen molar-refractivity contribution in [3.05, 3.63) is 29.3 Å². The number of hydrogen-bond acceptors (Lipinski definition) is 3. The summed E-state index contributed by atoms with van der Waals surface area (Å²) in [7, 11) is 0. The van der Waals surface area contributed by atoms with Crippen molar-refractivity contribution in [3.8, 4) is 0 Å². The van der Waals surface area contributed by atoms with Crippen molar-refractivity contribution in [3.63, 3.8) is 0 Å². The van der Waals surface area contributed by atoms with Crippen molar-refractivity contribution in [1.82, 2.24) is 0 Å². The van der Waals surface area contributed by atoms with Crippen molar-refractivity contribution in [2.75, 3.05) is 18.0 Å². The number of aryl methyl sites for hydroxylation is 1. The highest BCUT2D eigenvalue weighted by Crippen LogP contribution is 2.46. The topological polar surface area (TPSA) is 61.9 Å². The van der Waals surface area contributed by atoms with Gasteiger partial charge in [0.05, 0.1) is 0 Å². The van der Waals surface area contributed by atoms with Gasteiger partial charge in [0.2, 0.25) is 0 Å². The molecule has 4 heteroatoms. The molecular formula is C17H25N3O. The van der Waals surface area contributed by atoms with E-state index < -0.39 is 0 Å². The van der Waals surface area contributed by atoms with Crippen LogP contribution in [0.3, 0.4) is 0 Å². The Balaban J connectivity index is 1.83. The third-order valence-corrected chi connectivity index (χ3v) is 5.37. The highest BCUT2D eigenvalue weighted by Gasteiger charge is 2.37. The molecule has 114 valence electrons. The van der Waals surface area contributed by atoms with E-state index >= 15 is 0 Å². The van der Waals surface area contributed by atoms with Gasteiger partial charge in [-0.05, 0) is 55.7 Å². The van der Waals surface area contributed by atoms with Crippen molar-refractivity contribution in [2.24, 2.45) is 16.3 Å². The van der Waals surface area contributed by atoms with Crippen LogP contribution in [0.25, 0.3) is 0 Å². The molecule has 1 heterocycles. The van der Waals surface area contributed by atoms with Crippen LogP contribution in [-0.4, -0.2) is 24.1 Å². The molecule has 0 radical (unpaired) electrons. The third-order valence-electron chi connectivity index (χ3n) is 5.37. The molecule has 0 unspecified atom stereocenters. The van der Waals surface area contributed by atoms with Gasteiger partial charge in [-0.1, -0.05) is 24.1 Å². The van der Waals surface area contributed by atoms with Gasteiger partial charge in [-0.25, -0.2) is 0 Å². The lowest BCUT2D eigenvalue weighted by Gasteiger charge is -2.41. The van der Waals surface area contributed by atoms with Gasteiger partial charge in [-0.3, -0.25) is 0 Å². The maximum atomic E-state index is 8.99. The second-order valence-corrected chi connectivity index (χ2v) is 6.70. The Morgan fingerprint density at radius 1 is 1.19 bits per heavy atom. The van der Waals surface area contributed by atoms with E-state index in [0.717, 1.165) is 24.3 Å². The first-order valence-corrected chi connectivity index (χ1v) is 7.97. The van der Waals surface area contributed by atoms with E-state index in [9.17, 15) is 0 Å². The summed E-state index contributed by atoms with van der Waals surface area (Å²) in [4.78, 5) is 2.41. The summed E-state index contributed by atoms with van der Waals surface area (Å²) in [6.07, 6.45) is 8.16. The molecule has 3 rings (SSSR count). The molecule has 2 fully saturated rings. The molecule has 1 spiro atoms. The number of benzene rings is 1. The van der Waals surface area contributed by atoms with E-state index in [2.05, 4.69) is 23.0 Å². The minimum atomic E-state index is 0.200. The van der Waals surface area contributed by atoms with Crippen LogP contribution in [0.5, 0.6) is 0 Å². The summed E-state index contributed by atoms with van der Waals surface area (Å²) in [5.41, 5.74) is 9.61. The number of oxime groups is 1. The Morgan fingerprint density at radius 3 is 2.48 bits per heavy atom. The standard InChI is InChI=1S/C17H25N3O/c1-13-4-5-14(16(18)19-21)15(12-13)20-10-8-17(9-11-20)6-2-3-7-17/h4-5,12,21H,2-3,6-11H2,1H3,(H2,18,19). The number of nitrogens with zero attached hydrogens (tertiary/aromatic N) is 2. The Kier molecular flexibility index (Phi) is 3.79. The zero-order valence-corrected chi connectivity index (χ0v) is 12.8. The van der Waals surface area contributed by atoms with E-state index in [1.807, 2.05) is 12.1 Å². The quantitative estimate of drug-likeness (QED) is 0.380. The van der Waals surface area contributed by atoms with Crippen LogP contribution in [-0.2, 0) is 0 Å². The second-order valence-electron chi connectivity index (χ2n) is 6.70. The molecule has 1 aromatic carbocycles. The Morgan fingerprint density at radius 2 is 1.86 bits per heavy atom. The minimum Gasteiger partial charge on any atom is -0.409 e. The highest BCUT2D eigenvalue weighted by molar-refractivity contribution is 6.02. The molecule has 1 aliphatic heterocycles. The Labute approximate surface area is 126 Å². The lowest BCUT2D eigenvalue weighted by atomic mass is 9.77. The smallest absolute Gasteiger partial charge is 0.172 e. The van der Waals surface area contributed by atoms with Gasteiger partial charge in [-0.15, -0.1) is 0 Å². The average Bonchev–Trinajstić information content (AvgIpc) is 2.95. The summed E-state index contributed by atoms with van der Waals surface area (Å²) in [5, 5.41) is 12.2. The molecular weight excluding hydrogens is 262 g/mol. The molecule has 0 bridgehead atoms. The molecule has 1 saturated carbocycles. The second kappa shape index (κ2) is 5.58. The largest absolute Gasteiger partial charge is 0.409 e. The number of amidine groups is 1. The monoisotopic (exact) mass is 287 g/mol. The van der Waals surface area contributed by atoms with Gasteiger partial charge in [0.25, 0.3) is 0 Å². The van der Waals surface area contributed by atoms with Gasteiger partial charge >= 0.3 is 0 Å². The SMILES string of the molecule is Cc1ccc(C(N)=NO)c(N2CCC3(CCCC3)CC2)c1. The van der Waals surface area contributed by atoms with E-state index in [-0.39, 0.29) is 5.84 Å². The van der Waals surface area contributed by atoms with Gasteiger partial charge in [0.15, 0.2) is 5.84 Å². The van der Waals surface area contributed by atoms with Gasteiger partial charge in [0, 0.05) is 24.3 Å². The number of nitrogens with two attached hydrogens (primary N) is 1.